The molecule has 8 heteroatoms. The van der Waals surface area contributed by atoms with Crippen LogP contribution in [0, 0.1) is 0 Å². The average Bonchev–Trinajstić information content (AvgIpc) is 3.04. The predicted molar refractivity (Wildman–Crippen MR) is 83.9 cm³/mol. The molecule has 2 aromatic heterocycles. The third-order valence-electron chi connectivity index (χ3n) is 3.84. The van der Waals surface area contributed by atoms with Crippen molar-refractivity contribution in [1.29, 1.82) is 0 Å². The van der Waals surface area contributed by atoms with Gasteiger partial charge in [0.1, 0.15) is 17.5 Å². The van der Waals surface area contributed by atoms with Crippen LogP contribution in [0.15, 0.2) is 28.9 Å². The summed E-state index contributed by atoms with van der Waals surface area (Å²) in [5.41, 5.74) is 1.53. The number of carbonyl (C=O) groups is 2. The number of carbonyl (C=O) groups excluding carboxylic acids is 2. The molecule has 1 unspecified atom stereocenters. The molecule has 1 aliphatic rings. The van der Waals surface area contributed by atoms with Crippen LogP contribution in [0.25, 0.3) is 11.5 Å². The minimum absolute atomic E-state index is 0.183. The second-order valence-electron chi connectivity index (χ2n) is 5.50. The number of amides is 2. The number of nitrogens with one attached hydrogen (secondary N) is 1. The largest absolute Gasteiger partial charge is 0.453 e. The van der Waals surface area contributed by atoms with Crippen molar-refractivity contribution in [3.63, 3.8) is 0 Å². The van der Waals surface area contributed by atoms with E-state index in [4.69, 9.17) is 4.42 Å². The molecular weight excluding hydrogens is 312 g/mol. The molecule has 0 radical (unpaired) electrons. The molecule has 24 heavy (non-hydrogen) atoms. The van der Waals surface area contributed by atoms with Crippen molar-refractivity contribution in [2.45, 2.75) is 25.9 Å². The number of nitrogens with zero attached hydrogens (tertiary/aromatic N) is 3. The van der Waals surface area contributed by atoms with Crippen molar-refractivity contribution in [2.24, 2.45) is 0 Å². The Morgan fingerprint density at radius 2 is 2.29 bits per heavy atom. The third kappa shape index (κ3) is 3.22. The number of hydrogen-bond donors (Lipinski definition) is 1. The maximum absolute atomic E-state index is 12.4. The Hall–Kier alpha value is -2.90. The Bertz CT molecular complexity index is 744. The molecule has 0 fully saturated rings. The Morgan fingerprint density at radius 3 is 3.00 bits per heavy atom. The highest BCUT2D eigenvalue weighted by atomic mass is 16.5. The maximum atomic E-state index is 12.4. The topological polar surface area (TPSA) is 97.6 Å². The molecule has 3 heterocycles. The highest BCUT2D eigenvalue weighted by molar-refractivity contribution is 5.85. The Balaban J connectivity index is 1.71. The lowest BCUT2D eigenvalue weighted by molar-refractivity contribution is -0.134. The van der Waals surface area contributed by atoms with E-state index in [9.17, 15) is 9.59 Å². The number of hydrogen-bond acceptors (Lipinski definition) is 6. The SMILES string of the molecule is COC(=O)NC(C)C(=O)N1CCc2oc(-c3cccnc3)nc2C1. The highest BCUT2D eigenvalue weighted by Crippen LogP contribution is 2.25. The van der Waals surface area contributed by atoms with Gasteiger partial charge in [0.15, 0.2) is 0 Å². The molecule has 2 aromatic rings. The van der Waals surface area contributed by atoms with Gasteiger partial charge in [0.25, 0.3) is 0 Å². The molecule has 0 saturated heterocycles. The van der Waals surface area contributed by atoms with Gasteiger partial charge < -0.3 is 19.4 Å². The molecule has 0 aromatic carbocycles. The molecule has 0 spiro atoms. The summed E-state index contributed by atoms with van der Waals surface area (Å²) in [6.07, 6.45) is 3.32. The smallest absolute Gasteiger partial charge is 0.407 e. The molecule has 0 aliphatic carbocycles. The number of alkyl carbamates (subject to hydrolysis) is 1. The normalized spacial score (nSPS) is 14.7. The van der Waals surface area contributed by atoms with Gasteiger partial charge in [0.2, 0.25) is 11.8 Å². The monoisotopic (exact) mass is 330 g/mol. The van der Waals surface area contributed by atoms with Crippen LogP contribution < -0.4 is 5.32 Å². The van der Waals surface area contributed by atoms with Crippen LogP contribution >= 0.6 is 0 Å². The lowest BCUT2D eigenvalue weighted by Gasteiger charge is -2.28. The first-order valence-corrected chi connectivity index (χ1v) is 7.60. The van der Waals surface area contributed by atoms with Gasteiger partial charge in [-0.2, -0.15) is 0 Å². The second kappa shape index (κ2) is 6.69. The molecular formula is C16H18N4O4. The van der Waals surface area contributed by atoms with Crippen LogP contribution in [0.4, 0.5) is 4.79 Å². The van der Waals surface area contributed by atoms with Crippen LogP contribution in [0.1, 0.15) is 18.4 Å². The van der Waals surface area contributed by atoms with Gasteiger partial charge in [-0.1, -0.05) is 0 Å². The van der Waals surface area contributed by atoms with E-state index in [0.29, 0.717) is 25.4 Å². The number of ether oxygens (including phenoxy) is 1. The molecule has 2 amide bonds. The van der Waals surface area contributed by atoms with Gasteiger partial charge in [0.05, 0.1) is 19.2 Å². The number of fused-ring (bicyclic) bond motifs is 1. The van der Waals surface area contributed by atoms with Gasteiger partial charge >= 0.3 is 6.09 Å². The van der Waals surface area contributed by atoms with E-state index in [-0.39, 0.29) is 5.91 Å². The van der Waals surface area contributed by atoms with Gasteiger partial charge in [0, 0.05) is 25.4 Å². The van der Waals surface area contributed by atoms with E-state index in [1.807, 2.05) is 12.1 Å². The fourth-order valence-electron chi connectivity index (χ4n) is 2.57. The number of aromatic nitrogens is 2. The summed E-state index contributed by atoms with van der Waals surface area (Å²) in [6.45, 7) is 2.49. The van der Waals surface area contributed by atoms with Crippen LogP contribution in [-0.2, 0) is 22.5 Å². The fraction of sp³-hybridized carbons (Fsp3) is 0.375. The zero-order valence-electron chi connectivity index (χ0n) is 13.5. The van der Waals surface area contributed by atoms with Crippen molar-refractivity contribution in [3.8, 4) is 11.5 Å². The zero-order valence-corrected chi connectivity index (χ0v) is 13.5. The predicted octanol–water partition coefficient (Wildman–Crippen LogP) is 1.37. The number of pyridine rings is 1. The summed E-state index contributed by atoms with van der Waals surface area (Å²) in [6, 6.07) is 3.02. The van der Waals surface area contributed by atoms with Crippen molar-refractivity contribution >= 4 is 12.0 Å². The Morgan fingerprint density at radius 1 is 1.46 bits per heavy atom. The second-order valence-corrected chi connectivity index (χ2v) is 5.50. The quantitative estimate of drug-likeness (QED) is 0.913. The van der Waals surface area contributed by atoms with E-state index < -0.39 is 12.1 Å². The van der Waals surface area contributed by atoms with Crippen molar-refractivity contribution in [3.05, 3.63) is 36.0 Å². The van der Waals surface area contributed by atoms with E-state index >= 15 is 0 Å². The first-order valence-electron chi connectivity index (χ1n) is 7.60. The molecule has 3 rings (SSSR count). The van der Waals surface area contributed by atoms with Crippen LogP contribution in [0.3, 0.4) is 0 Å². The Kier molecular flexibility index (Phi) is 4.45. The number of rotatable bonds is 3. The molecule has 1 aliphatic heterocycles. The van der Waals surface area contributed by atoms with Crippen LogP contribution in [0.5, 0.6) is 0 Å². The average molecular weight is 330 g/mol. The molecule has 1 atom stereocenters. The summed E-state index contributed by atoms with van der Waals surface area (Å²) in [5.74, 6) is 1.10. The third-order valence-corrected chi connectivity index (χ3v) is 3.84. The van der Waals surface area contributed by atoms with E-state index in [1.165, 1.54) is 7.11 Å². The maximum Gasteiger partial charge on any atom is 0.407 e. The standard InChI is InChI=1S/C16H18N4O4/c1-10(18-16(22)23-2)15(21)20-7-5-13-12(9-20)19-14(24-13)11-4-3-6-17-8-11/h3-4,6,8,10H,5,7,9H2,1-2H3,(H,18,22). The first kappa shape index (κ1) is 16.0. The van der Waals surface area contributed by atoms with Crippen molar-refractivity contribution < 1.29 is 18.7 Å². The minimum Gasteiger partial charge on any atom is -0.453 e. The molecule has 126 valence electrons. The van der Waals surface area contributed by atoms with E-state index in [0.717, 1.165) is 17.0 Å². The first-order chi connectivity index (χ1) is 11.6. The fourth-order valence-corrected chi connectivity index (χ4v) is 2.57. The summed E-state index contributed by atoms with van der Waals surface area (Å²) >= 11 is 0. The van der Waals surface area contributed by atoms with Crippen LogP contribution in [0.2, 0.25) is 0 Å². The highest BCUT2D eigenvalue weighted by Gasteiger charge is 2.29. The summed E-state index contributed by atoms with van der Waals surface area (Å²) in [5, 5.41) is 2.48. The zero-order chi connectivity index (χ0) is 17.1. The molecule has 0 bridgehead atoms. The van der Waals surface area contributed by atoms with Gasteiger partial charge in [-0.05, 0) is 19.1 Å². The van der Waals surface area contributed by atoms with Crippen molar-refractivity contribution in [1.82, 2.24) is 20.2 Å². The van der Waals surface area contributed by atoms with Crippen LogP contribution in [-0.4, -0.2) is 46.6 Å². The number of methoxy groups -OCH3 is 1. The summed E-state index contributed by atoms with van der Waals surface area (Å²) in [4.78, 5) is 33.8. The van der Waals surface area contributed by atoms with Crippen molar-refractivity contribution in [2.75, 3.05) is 13.7 Å². The lowest BCUT2D eigenvalue weighted by Crippen LogP contribution is -2.48. The Labute approximate surface area is 138 Å². The molecule has 1 N–H and O–H groups in total. The molecule has 8 nitrogen and oxygen atoms in total. The summed E-state index contributed by atoms with van der Waals surface area (Å²) < 4.78 is 10.3. The van der Waals surface area contributed by atoms with E-state index in [1.54, 1.807) is 24.2 Å². The van der Waals surface area contributed by atoms with Gasteiger partial charge in [-0.25, -0.2) is 9.78 Å². The van der Waals surface area contributed by atoms with E-state index in [2.05, 4.69) is 20.0 Å². The molecule has 0 saturated carbocycles. The minimum atomic E-state index is -0.663. The number of oxazole rings is 1. The van der Waals surface area contributed by atoms with Gasteiger partial charge in [-0.3, -0.25) is 9.78 Å². The van der Waals surface area contributed by atoms with Gasteiger partial charge in [-0.15, -0.1) is 0 Å². The summed E-state index contributed by atoms with van der Waals surface area (Å²) in [7, 11) is 1.26. The lowest BCUT2D eigenvalue weighted by atomic mass is 10.1.